The Morgan fingerprint density at radius 3 is 2.24 bits per heavy atom. The first-order chi connectivity index (χ1) is 10.3. The summed E-state index contributed by atoms with van der Waals surface area (Å²) in [6.45, 7) is 2.22. The van der Waals surface area contributed by atoms with Crippen LogP contribution in [0.4, 0.5) is 0 Å². The summed E-state index contributed by atoms with van der Waals surface area (Å²) >= 11 is 0. The third-order valence-electron chi connectivity index (χ3n) is 5.42. The van der Waals surface area contributed by atoms with E-state index in [9.17, 15) is 0 Å². The Morgan fingerprint density at radius 2 is 1.67 bits per heavy atom. The molecular formula is C19H23NO. The first kappa shape index (κ1) is 13.1. The van der Waals surface area contributed by atoms with Gasteiger partial charge in [0.2, 0.25) is 0 Å². The van der Waals surface area contributed by atoms with Crippen LogP contribution in [0.1, 0.15) is 42.7 Å². The molecular weight excluding hydrogens is 258 g/mol. The van der Waals surface area contributed by atoms with Crippen LogP contribution in [0.25, 0.3) is 0 Å². The summed E-state index contributed by atoms with van der Waals surface area (Å²) < 4.78 is 5.56. The largest absolute Gasteiger partial charge is 0.468 e. The van der Waals surface area contributed by atoms with Crippen LogP contribution >= 0.6 is 0 Å². The van der Waals surface area contributed by atoms with Crippen molar-refractivity contribution in [1.29, 1.82) is 0 Å². The van der Waals surface area contributed by atoms with Gasteiger partial charge in [0.15, 0.2) is 0 Å². The van der Waals surface area contributed by atoms with Crippen molar-refractivity contribution in [3.8, 4) is 0 Å². The van der Waals surface area contributed by atoms with Gasteiger partial charge in [-0.05, 0) is 67.7 Å². The van der Waals surface area contributed by atoms with E-state index in [4.69, 9.17) is 4.42 Å². The number of hydrogen-bond donors (Lipinski definition) is 1. The Bertz CT molecular complexity index is 571. The molecule has 0 saturated heterocycles. The summed E-state index contributed by atoms with van der Waals surface area (Å²) in [6, 6.07) is 14.0. The average Bonchev–Trinajstić information content (AvgIpc) is 3.08. The highest BCUT2D eigenvalue weighted by molar-refractivity contribution is 5.31. The second-order valence-corrected chi connectivity index (χ2v) is 6.70. The number of fused-ring (bicyclic) bond motifs is 3. The molecule has 110 valence electrons. The van der Waals surface area contributed by atoms with Crippen molar-refractivity contribution >= 4 is 0 Å². The quantitative estimate of drug-likeness (QED) is 0.915. The molecule has 4 rings (SSSR count). The number of rotatable bonds is 3. The van der Waals surface area contributed by atoms with E-state index in [0.29, 0.717) is 12.1 Å². The van der Waals surface area contributed by atoms with E-state index in [2.05, 4.69) is 42.6 Å². The molecule has 2 aliphatic rings. The molecule has 2 heteroatoms. The minimum absolute atomic E-state index is 0.300. The maximum Gasteiger partial charge on any atom is 0.120 e. The zero-order valence-corrected chi connectivity index (χ0v) is 12.6. The number of benzene rings is 1. The van der Waals surface area contributed by atoms with Crippen LogP contribution in [0.3, 0.4) is 0 Å². The molecule has 2 aromatic rings. The van der Waals surface area contributed by atoms with Crippen LogP contribution in [0, 0.1) is 11.8 Å². The van der Waals surface area contributed by atoms with Gasteiger partial charge in [-0.15, -0.1) is 0 Å². The van der Waals surface area contributed by atoms with E-state index >= 15 is 0 Å². The van der Waals surface area contributed by atoms with E-state index < -0.39 is 0 Å². The molecule has 21 heavy (non-hydrogen) atoms. The molecule has 1 fully saturated rings. The predicted molar refractivity (Wildman–Crippen MR) is 84.1 cm³/mol. The molecule has 0 aliphatic heterocycles. The Hall–Kier alpha value is -1.54. The van der Waals surface area contributed by atoms with Crippen molar-refractivity contribution in [1.82, 2.24) is 5.32 Å². The number of nitrogens with one attached hydrogen (secondary N) is 1. The lowest BCUT2D eigenvalue weighted by molar-refractivity contribution is 0.296. The van der Waals surface area contributed by atoms with Gasteiger partial charge in [0.05, 0.1) is 12.3 Å². The van der Waals surface area contributed by atoms with Crippen LogP contribution in [-0.2, 0) is 12.8 Å². The first-order valence-corrected chi connectivity index (χ1v) is 8.17. The monoisotopic (exact) mass is 281 g/mol. The molecule has 1 aromatic heterocycles. The Morgan fingerprint density at radius 1 is 1.00 bits per heavy atom. The molecule has 2 unspecified atom stereocenters. The minimum atomic E-state index is 0.300. The van der Waals surface area contributed by atoms with Gasteiger partial charge in [0.1, 0.15) is 5.76 Å². The van der Waals surface area contributed by atoms with Crippen molar-refractivity contribution in [2.45, 2.75) is 44.7 Å². The third kappa shape index (κ3) is 2.42. The topological polar surface area (TPSA) is 25.2 Å². The summed E-state index contributed by atoms with van der Waals surface area (Å²) in [7, 11) is 0. The lowest BCUT2D eigenvalue weighted by Crippen LogP contribution is -2.39. The van der Waals surface area contributed by atoms with Gasteiger partial charge < -0.3 is 9.73 Å². The predicted octanol–water partition coefficient (Wildman–Crippen LogP) is 4.12. The van der Waals surface area contributed by atoms with Crippen LogP contribution in [0.5, 0.6) is 0 Å². The molecule has 0 radical (unpaired) electrons. The molecule has 1 aromatic carbocycles. The average molecular weight is 281 g/mol. The maximum absolute atomic E-state index is 5.56. The fourth-order valence-corrected chi connectivity index (χ4v) is 4.33. The fourth-order valence-electron chi connectivity index (χ4n) is 4.33. The van der Waals surface area contributed by atoms with Gasteiger partial charge in [0.25, 0.3) is 0 Å². The SMILES string of the molecule is C[C@H](NC1C2CCC1Cc1ccccc1C2)c1ccco1. The normalized spacial score (nSPS) is 28.9. The smallest absolute Gasteiger partial charge is 0.120 e. The van der Waals surface area contributed by atoms with Gasteiger partial charge in [-0.25, -0.2) is 0 Å². The van der Waals surface area contributed by atoms with Gasteiger partial charge >= 0.3 is 0 Å². The zero-order chi connectivity index (χ0) is 14.2. The van der Waals surface area contributed by atoms with Gasteiger partial charge in [-0.1, -0.05) is 24.3 Å². The molecule has 0 spiro atoms. The highest BCUT2D eigenvalue weighted by atomic mass is 16.3. The summed E-state index contributed by atoms with van der Waals surface area (Å²) in [5.41, 5.74) is 3.14. The Balaban J connectivity index is 1.55. The molecule has 1 N–H and O–H groups in total. The third-order valence-corrected chi connectivity index (χ3v) is 5.42. The zero-order valence-electron chi connectivity index (χ0n) is 12.6. The lowest BCUT2D eigenvalue weighted by atomic mass is 9.94. The highest BCUT2D eigenvalue weighted by Gasteiger charge is 2.39. The minimum Gasteiger partial charge on any atom is -0.468 e. The van der Waals surface area contributed by atoms with E-state index in [1.807, 2.05) is 6.07 Å². The summed E-state index contributed by atoms with van der Waals surface area (Å²) in [5.74, 6) is 2.60. The van der Waals surface area contributed by atoms with Crippen molar-refractivity contribution in [2.75, 3.05) is 0 Å². The van der Waals surface area contributed by atoms with E-state index in [-0.39, 0.29) is 0 Å². The molecule has 3 atom stereocenters. The molecule has 2 bridgehead atoms. The second kappa shape index (κ2) is 5.34. The van der Waals surface area contributed by atoms with Gasteiger partial charge in [-0.2, -0.15) is 0 Å². The van der Waals surface area contributed by atoms with Crippen LogP contribution in [0.2, 0.25) is 0 Å². The van der Waals surface area contributed by atoms with Crippen molar-refractivity contribution in [3.05, 3.63) is 59.5 Å². The van der Waals surface area contributed by atoms with Gasteiger partial charge in [-0.3, -0.25) is 0 Å². The summed E-state index contributed by atoms with van der Waals surface area (Å²) in [4.78, 5) is 0. The first-order valence-electron chi connectivity index (χ1n) is 8.17. The molecule has 2 nitrogen and oxygen atoms in total. The van der Waals surface area contributed by atoms with Gasteiger partial charge in [0, 0.05) is 6.04 Å². The van der Waals surface area contributed by atoms with Crippen molar-refractivity contribution < 1.29 is 4.42 Å². The number of hydrogen-bond acceptors (Lipinski definition) is 2. The fraction of sp³-hybridized carbons (Fsp3) is 0.474. The standard InChI is InChI=1S/C19H23NO/c1-13(18-7-4-10-21-18)20-19-16-8-9-17(19)12-15-6-3-2-5-14(15)11-16/h2-7,10,13,16-17,19-20H,8-9,11-12H2,1H3/t13-,16?,17?,19?/m0/s1. The second-order valence-electron chi connectivity index (χ2n) is 6.70. The van der Waals surface area contributed by atoms with E-state index in [1.54, 1.807) is 17.4 Å². The summed E-state index contributed by atoms with van der Waals surface area (Å²) in [6.07, 6.45) is 6.96. The molecule has 1 saturated carbocycles. The Kier molecular flexibility index (Phi) is 3.34. The lowest BCUT2D eigenvalue weighted by Gasteiger charge is -2.27. The number of furan rings is 1. The molecule has 0 amide bonds. The van der Waals surface area contributed by atoms with Crippen molar-refractivity contribution in [2.24, 2.45) is 11.8 Å². The van der Waals surface area contributed by atoms with Crippen LogP contribution < -0.4 is 5.32 Å². The van der Waals surface area contributed by atoms with E-state index in [1.165, 1.54) is 25.7 Å². The highest BCUT2D eigenvalue weighted by Crippen LogP contribution is 2.40. The molecule has 2 aliphatic carbocycles. The molecule has 1 heterocycles. The summed E-state index contributed by atoms with van der Waals surface area (Å²) in [5, 5.41) is 3.86. The van der Waals surface area contributed by atoms with Crippen molar-refractivity contribution in [3.63, 3.8) is 0 Å². The van der Waals surface area contributed by atoms with Crippen LogP contribution in [-0.4, -0.2) is 6.04 Å². The van der Waals surface area contributed by atoms with Crippen LogP contribution in [0.15, 0.2) is 47.1 Å². The maximum atomic E-state index is 5.56. The Labute approximate surface area is 126 Å². The van der Waals surface area contributed by atoms with E-state index in [0.717, 1.165) is 17.6 Å².